The van der Waals surface area contributed by atoms with Crippen molar-refractivity contribution in [3.05, 3.63) is 0 Å². The average molecular weight is 297 g/mol. The minimum Gasteiger partial charge on any atom is -0.433 e. The minimum absolute atomic E-state index is 0.322. The third-order valence-corrected chi connectivity index (χ3v) is 2.29. The van der Waals surface area contributed by atoms with Crippen LogP contribution in [0, 0.1) is 0 Å². The molecule has 0 amide bonds. The first-order valence-corrected chi connectivity index (χ1v) is 13.3. The lowest BCUT2D eigenvalue weighted by Gasteiger charge is -2.17. The quantitative estimate of drug-likeness (QED) is 0.620. The molecule has 1 aliphatic rings. The zero-order valence-corrected chi connectivity index (χ0v) is 15.3. The lowest BCUT2D eigenvalue weighted by atomic mass is 10.5. The Morgan fingerprint density at radius 1 is 1.22 bits per heavy atom. The van der Waals surface area contributed by atoms with E-state index in [1.165, 1.54) is 0 Å². The normalized spacial score (nSPS) is 20.0. The van der Waals surface area contributed by atoms with Crippen LogP contribution in [0.1, 0.15) is 13.8 Å². The van der Waals surface area contributed by atoms with Crippen molar-refractivity contribution in [1.82, 2.24) is 0 Å². The van der Waals surface area contributed by atoms with Gasteiger partial charge in [-0.2, -0.15) is 0 Å². The van der Waals surface area contributed by atoms with Gasteiger partial charge in [0.1, 0.15) is 0 Å². The molecule has 1 aliphatic heterocycles. The fraction of sp³-hybridized carbons (Fsp3) is 1.00. The van der Waals surface area contributed by atoms with E-state index in [2.05, 4.69) is 26.6 Å². The van der Waals surface area contributed by atoms with E-state index in [1.54, 1.807) is 6.92 Å². The van der Waals surface area contributed by atoms with Crippen molar-refractivity contribution < 1.29 is 19.1 Å². The Morgan fingerprint density at radius 2 is 1.50 bits per heavy atom. The summed E-state index contributed by atoms with van der Waals surface area (Å²) >= 11 is 0. The minimum atomic E-state index is -1.61. The van der Waals surface area contributed by atoms with E-state index >= 15 is 0 Å². The van der Waals surface area contributed by atoms with Crippen LogP contribution in [0.2, 0.25) is 39.3 Å². The smallest absolute Gasteiger partial charge is 0.183 e. The Morgan fingerprint density at radius 3 is 1.56 bits per heavy atom. The first-order chi connectivity index (χ1) is 7.81. The molecule has 4 nitrogen and oxygen atoms in total. The highest BCUT2D eigenvalue weighted by molar-refractivity contribution is 6.69. The molecule has 2 unspecified atom stereocenters. The summed E-state index contributed by atoms with van der Waals surface area (Å²) < 4.78 is 10.1. The average Bonchev–Trinajstić information content (AvgIpc) is 2.81. The summed E-state index contributed by atoms with van der Waals surface area (Å²) in [5, 5.41) is 8.81. The third-order valence-electron chi connectivity index (χ3n) is 1.26. The molecule has 1 fully saturated rings. The molecule has 1 heterocycles. The van der Waals surface area contributed by atoms with Crippen LogP contribution in [-0.4, -0.2) is 52.0 Å². The van der Waals surface area contributed by atoms with E-state index in [4.69, 9.17) is 19.1 Å². The van der Waals surface area contributed by atoms with E-state index in [-0.39, 0.29) is 6.10 Å². The lowest BCUT2D eigenvalue weighted by Crippen LogP contribution is -2.29. The fourth-order valence-corrected chi connectivity index (χ4v) is 1.21. The highest BCUT2D eigenvalue weighted by atomic mass is 28.4. The number of ether oxygens (including phenoxy) is 1. The van der Waals surface area contributed by atoms with Gasteiger partial charge in [0.15, 0.2) is 16.6 Å². The van der Waals surface area contributed by atoms with E-state index in [1.807, 2.05) is 19.6 Å². The largest absolute Gasteiger partial charge is 0.433 e. The maximum Gasteiger partial charge on any atom is 0.183 e. The predicted molar refractivity (Wildman–Crippen MR) is 82.0 cm³/mol. The van der Waals surface area contributed by atoms with Crippen molar-refractivity contribution in [3.8, 4) is 0 Å². The van der Waals surface area contributed by atoms with Gasteiger partial charge in [-0.15, -0.1) is 0 Å². The van der Waals surface area contributed by atoms with Gasteiger partial charge in [0.25, 0.3) is 0 Å². The molecule has 0 aliphatic carbocycles. The number of aliphatic hydroxyl groups is 1. The molecule has 2 N–H and O–H groups in total. The van der Waals surface area contributed by atoms with Gasteiger partial charge in [-0.3, -0.25) is 0 Å². The van der Waals surface area contributed by atoms with Crippen molar-refractivity contribution in [3.63, 3.8) is 0 Å². The van der Waals surface area contributed by atoms with Crippen LogP contribution in [0.15, 0.2) is 0 Å². The lowest BCUT2D eigenvalue weighted by molar-refractivity contribution is 0.119. The summed E-state index contributed by atoms with van der Waals surface area (Å²) in [5.41, 5.74) is 0. The molecule has 0 bridgehead atoms. The molecular weight excluding hydrogens is 264 g/mol. The van der Waals surface area contributed by atoms with Gasteiger partial charge in [-0.05, 0) is 53.1 Å². The zero-order chi connectivity index (χ0) is 15.0. The van der Waals surface area contributed by atoms with Crippen LogP contribution in [0.4, 0.5) is 0 Å². The Bertz CT molecular complexity index is 187. The molecular formula is C12H32O4Si2. The Balaban J connectivity index is 0. The van der Waals surface area contributed by atoms with Crippen LogP contribution in [0.5, 0.6) is 0 Å². The summed E-state index contributed by atoms with van der Waals surface area (Å²) in [7, 11) is -2.99. The third kappa shape index (κ3) is 44.1. The van der Waals surface area contributed by atoms with Crippen LogP contribution in [0.25, 0.3) is 0 Å². The molecule has 0 spiro atoms. The molecule has 1 saturated heterocycles. The van der Waals surface area contributed by atoms with E-state index < -0.39 is 16.6 Å². The SMILES string of the molecule is CC(O)CO[Si](C)(C)C.CC1CO1.C[Si](C)(C)O. The van der Waals surface area contributed by atoms with Gasteiger partial charge in [0.2, 0.25) is 0 Å². The molecule has 6 heteroatoms. The molecule has 0 aromatic rings. The second kappa shape index (κ2) is 9.22. The first-order valence-electron chi connectivity index (χ1n) is 6.47. The van der Waals surface area contributed by atoms with Crippen molar-refractivity contribution in [2.24, 2.45) is 0 Å². The van der Waals surface area contributed by atoms with Crippen molar-refractivity contribution in [1.29, 1.82) is 0 Å². The van der Waals surface area contributed by atoms with Crippen molar-refractivity contribution in [2.75, 3.05) is 13.2 Å². The maximum absolute atomic E-state index is 8.81. The van der Waals surface area contributed by atoms with Gasteiger partial charge < -0.3 is 19.1 Å². The second-order valence-corrected chi connectivity index (χ2v) is 15.4. The molecule has 1 rings (SSSR count). The number of hydrogen-bond donors (Lipinski definition) is 2. The number of hydrogen-bond acceptors (Lipinski definition) is 4. The van der Waals surface area contributed by atoms with Crippen LogP contribution >= 0.6 is 0 Å². The molecule has 0 saturated carbocycles. The Kier molecular flexibility index (Phi) is 10.5. The Hall–Kier alpha value is 0.274. The monoisotopic (exact) mass is 296 g/mol. The van der Waals surface area contributed by atoms with Crippen LogP contribution in [0.3, 0.4) is 0 Å². The van der Waals surface area contributed by atoms with Gasteiger partial charge in [-0.25, -0.2) is 0 Å². The van der Waals surface area contributed by atoms with Gasteiger partial charge in [0.05, 0.1) is 25.4 Å². The van der Waals surface area contributed by atoms with Crippen molar-refractivity contribution in [2.45, 2.75) is 65.3 Å². The highest BCUT2D eigenvalue weighted by Gasteiger charge is 2.14. The van der Waals surface area contributed by atoms with E-state index in [0.29, 0.717) is 12.7 Å². The van der Waals surface area contributed by atoms with Crippen molar-refractivity contribution >= 4 is 16.6 Å². The van der Waals surface area contributed by atoms with E-state index in [9.17, 15) is 0 Å². The highest BCUT2D eigenvalue weighted by Crippen LogP contribution is 2.04. The Labute approximate surface area is 115 Å². The van der Waals surface area contributed by atoms with Gasteiger partial charge in [0, 0.05) is 0 Å². The summed E-state index contributed by atoms with van der Waals surface area (Å²) in [6, 6.07) is 0. The predicted octanol–water partition coefficient (Wildman–Crippen LogP) is 2.44. The number of epoxide rings is 1. The fourth-order valence-electron chi connectivity index (χ4n) is 0.467. The molecule has 0 aromatic carbocycles. The summed E-state index contributed by atoms with van der Waals surface area (Å²) in [6.45, 7) is 17.2. The summed E-state index contributed by atoms with van der Waals surface area (Å²) in [5.74, 6) is 0. The van der Waals surface area contributed by atoms with Gasteiger partial charge >= 0.3 is 0 Å². The second-order valence-electron chi connectivity index (χ2n) is 6.59. The number of aliphatic hydroxyl groups excluding tert-OH is 1. The zero-order valence-electron chi connectivity index (χ0n) is 13.3. The van der Waals surface area contributed by atoms with Crippen LogP contribution < -0.4 is 0 Å². The topological polar surface area (TPSA) is 62.2 Å². The standard InChI is InChI=1S/C6H16O2Si.C3H10OSi.C3H6O/c1-6(7)5-8-9(2,3)4;1-5(2,3)4;1-3-2-4-3/h6-7H,5H2,1-4H3;4H,1-3H3;3H,2H2,1H3. The molecule has 112 valence electrons. The molecule has 18 heavy (non-hydrogen) atoms. The van der Waals surface area contributed by atoms with Gasteiger partial charge in [-0.1, -0.05) is 0 Å². The first kappa shape index (κ1) is 20.6. The summed E-state index contributed by atoms with van der Waals surface area (Å²) in [6.07, 6.45) is 0.261. The molecule has 0 radical (unpaired) electrons. The van der Waals surface area contributed by atoms with E-state index in [0.717, 1.165) is 6.61 Å². The summed E-state index contributed by atoms with van der Waals surface area (Å²) in [4.78, 5) is 8.66. The molecule has 2 atom stereocenters. The maximum atomic E-state index is 8.81. The molecule has 0 aromatic heterocycles. The van der Waals surface area contributed by atoms with Crippen LogP contribution in [-0.2, 0) is 9.16 Å². The number of rotatable bonds is 3.